The number of hydrogen-bond acceptors (Lipinski definition) is 5. The molecule has 59 heavy (non-hydrogen) atoms. The van der Waals surface area contributed by atoms with E-state index < -0.39 is 18.2 Å². The summed E-state index contributed by atoms with van der Waals surface area (Å²) in [4.78, 5) is 26.1. The summed E-state index contributed by atoms with van der Waals surface area (Å²) in [6.45, 7) is 6.48. The molecule has 0 spiro atoms. The number of aliphatic hydroxyl groups excluding tert-OH is 2. The molecule has 0 rings (SSSR count). The summed E-state index contributed by atoms with van der Waals surface area (Å²) in [7, 11) is 0. The van der Waals surface area contributed by atoms with Crippen molar-refractivity contribution in [3.8, 4) is 0 Å². The van der Waals surface area contributed by atoms with E-state index in [2.05, 4.69) is 50.4 Å². The van der Waals surface area contributed by atoms with Gasteiger partial charge in [0.1, 0.15) is 6.10 Å². The number of amides is 1. The molecule has 0 radical (unpaired) electrons. The number of nitrogens with one attached hydrogen (secondary N) is 1. The summed E-state index contributed by atoms with van der Waals surface area (Å²) in [5.74, 6) is -0.497. The maximum Gasteiger partial charge on any atom is 0.306 e. The van der Waals surface area contributed by atoms with Crippen molar-refractivity contribution in [2.45, 2.75) is 296 Å². The van der Waals surface area contributed by atoms with E-state index in [4.69, 9.17) is 4.74 Å². The van der Waals surface area contributed by atoms with Gasteiger partial charge in [0.15, 0.2) is 0 Å². The molecule has 1 amide bonds. The number of unbranched alkanes of at least 4 members (excludes halogenated alkanes) is 31. The smallest absolute Gasteiger partial charge is 0.306 e. The number of carbonyl (C=O) groups excluding carboxylic acids is 2. The Morgan fingerprint density at radius 2 is 0.814 bits per heavy atom. The van der Waals surface area contributed by atoms with Crippen LogP contribution >= 0.6 is 0 Å². The molecule has 6 nitrogen and oxygen atoms in total. The minimum absolute atomic E-state index is 0.0649. The van der Waals surface area contributed by atoms with E-state index in [1.54, 1.807) is 0 Å². The van der Waals surface area contributed by atoms with Gasteiger partial charge in [-0.05, 0) is 77.0 Å². The van der Waals surface area contributed by atoms with E-state index in [-0.39, 0.29) is 24.9 Å². The Bertz CT molecular complexity index is 935. The van der Waals surface area contributed by atoms with Gasteiger partial charge in [0.05, 0.1) is 25.2 Å². The van der Waals surface area contributed by atoms with Gasteiger partial charge in [0.2, 0.25) is 5.91 Å². The molecule has 0 aromatic carbocycles. The SMILES string of the molecule is CCCCCCCC/C=C\CCCCCC(=O)OC(CCCCC/C=C/CCCCCCCCCCC)CC(=O)NC(CO)C(O)CCCCCCCCCCCCC. The molecular formula is C53H101NO5. The summed E-state index contributed by atoms with van der Waals surface area (Å²) >= 11 is 0. The van der Waals surface area contributed by atoms with Crippen LogP contribution < -0.4 is 5.32 Å². The zero-order chi connectivity index (χ0) is 43.1. The lowest BCUT2D eigenvalue weighted by atomic mass is 10.0. The Labute approximate surface area is 367 Å². The van der Waals surface area contributed by atoms with Crippen LogP contribution in [0.15, 0.2) is 24.3 Å². The number of aliphatic hydroxyl groups is 2. The van der Waals surface area contributed by atoms with Gasteiger partial charge in [-0.15, -0.1) is 0 Å². The first-order valence-corrected chi connectivity index (χ1v) is 26.1. The maximum atomic E-state index is 13.2. The van der Waals surface area contributed by atoms with E-state index in [0.29, 0.717) is 19.3 Å². The second-order valence-electron chi connectivity index (χ2n) is 17.9. The lowest BCUT2D eigenvalue weighted by molar-refractivity contribution is -0.151. The normalized spacial score (nSPS) is 13.4. The Balaban J connectivity index is 4.61. The molecule has 0 aromatic heterocycles. The van der Waals surface area contributed by atoms with Crippen molar-refractivity contribution in [1.82, 2.24) is 5.32 Å². The summed E-state index contributed by atoms with van der Waals surface area (Å²) < 4.78 is 5.92. The van der Waals surface area contributed by atoms with Gasteiger partial charge in [-0.2, -0.15) is 0 Å². The van der Waals surface area contributed by atoms with Crippen LogP contribution in [0.1, 0.15) is 278 Å². The highest BCUT2D eigenvalue weighted by molar-refractivity contribution is 5.77. The molecule has 3 N–H and O–H groups in total. The molecule has 0 aliphatic heterocycles. The fraction of sp³-hybridized carbons (Fsp3) is 0.887. The van der Waals surface area contributed by atoms with E-state index >= 15 is 0 Å². The van der Waals surface area contributed by atoms with Crippen LogP contribution in [0, 0.1) is 0 Å². The highest BCUT2D eigenvalue weighted by atomic mass is 16.5. The second kappa shape index (κ2) is 47.4. The molecule has 0 aromatic rings. The molecule has 0 heterocycles. The third-order valence-electron chi connectivity index (χ3n) is 12.0. The number of hydrogen-bond donors (Lipinski definition) is 3. The van der Waals surface area contributed by atoms with Gasteiger partial charge >= 0.3 is 5.97 Å². The number of carbonyl (C=O) groups is 2. The molecule has 0 aliphatic rings. The van der Waals surface area contributed by atoms with Crippen LogP contribution in [0.25, 0.3) is 0 Å². The Kier molecular flexibility index (Phi) is 46.1. The van der Waals surface area contributed by atoms with Gasteiger partial charge in [0, 0.05) is 6.42 Å². The first-order valence-electron chi connectivity index (χ1n) is 26.1. The van der Waals surface area contributed by atoms with E-state index in [1.165, 1.54) is 161 Å². The average Bonchev–Trinajstić information content (AvgIpc) is 3.23. The molecule has 348 valence electrons. The Morgan fingerprint density at radius 1 is 0.475 bits per heavy atom. The topological polar surface area (TPSA) is 95.9 Å². The lowest BCUT2D eigenvalue weighted by Gasteiger charge is -2.24. The zero-order valence-corrected chi connectivity index (χ0v) is 39.7. The predicted molar refractivity (Wildman–Crippen MR) is 255 cm³/mol. The number of ether oxygens (including phenoxy) is 1. The Hall–Kier alpha value is -1.66. The van der Waals surface area contributed by atoms with Crippen molar-refractivity contribution in [1.29, 1.82) is 0 Å². The zero-order valence-electron chi connectivity index (χ0n) is 39.7. The van der Waals surface area contributed by atoms with Gasteiger partial charge < -0.3 is 20.3 Å². The van der Waals surface area contributed by atoms with Crippen molar-refractivity contribution in [2.75, 3.05) is 6.61 Å². The monoisotopic (exact) mass is 832 g/mol. The minimum atomic E-state index is -0.790. The van der Waals surface area contributed by atoms with E-state index in [0.717, 1.165) is 70.6 Å². The van der Waals surface area contributed by atoms with Gasteiger partial charge in [0.25, 0.3) is 0 Å². The number of esters is 1. The Morgan fingerprint density at radius 3 is 1.22 bits per heavy atom. The number of rotatable bonds is 47. The summed E-state index contributed by atoms with van der Waals surface area (Å²) in [6.07, 6.45) is 53.8. The first kappa shape index (κ1) is 57.3. The molecular weight excluding hydrogens is 731 g/mol. The van der Waals surface area contributed by atoms with Crippen molar-refractivity contribution in [3.05, 3.63) is 24.3 Å². The first-order chi connectivity index (χ1) is 29.0. The molecule has 6 heteroatoms. The van der Waals surface area contributed by atoms with Crippen molar-refractivity contribution >= 4 is 11.9 Å². The highest BCUT2D eigenvalue weighted by Gasteiger charge is 2.24. The van der Waals surface area contributed by atoms with E-state index in [9.17, 15) is 19.8 Å². The summed E-state index contributed by atoms with van der Waals surface area (Å²) in [5, 5.41) is 23.7. The quantitative estimate of drug-likeness (QED) is 0.0322. The summed E-state index contributed by atoms with van der Waals surface area (Å²) in [6, 6.07) is -0.704. The lowest BCUT2D eigenvalue weighted by Crippen LogP contribution is -2.46. The second-order valence-corrected chi connectivity index (χ2v) is 17.9. The molecule has 0 fully saturated rings. The fourth-order valence-corrected chi connectivity index (χ4v) is 8.01. The van der Waals surface area contributed by atoms with Gasteiger partial charge in [-0.3, -0.25) is 9.59 Å². The van der Waals surface area contributed by atoms with Crippen LogP contribution in [0.2, 0.25) is 0 Å². The molecule has 3 atom stereocenters. The molecule has 3 unspecified atom stereocenters. The van der Waals surface area contributed by atoms with Crippen LogP contribution in [0.3, 0.4) is 0 Å². The van der Waals surface area contributed by atoms with Crippen LogP contribution in [0.5, 0.6) is 0 Å². The molecule has 0 aliphatic carbocycles. The fourth-order valence-electron chi connectivity index (χ4n) is 8.01. The van der Waals surface area contributed by atoms with Crippen molar-refractivity contribution in [3.63, 3.8) is 0 Å². The largest absolute Gasteiger partial charge is 0.462 e. The van der Waals surface area contributed by atoms with Crippen molar-refractivity contribution < 1.29 is 24.5 Å². The summed E-state index contributed by atoms with van der Waals surface area (Å²) in [5.41, 5.74) is 0. The van der Waals surface area contributed by atoms with E-state index in [1.807, 2.05) is 0 Å². The minimum Gasteiger partial charge on any atom is -0.462 e. The number of allylic oxidation sites excluding steroid dienone is 4. The molecule has 0 saturated carbocycles. The highest BCUT2D eigenvalue weighted by Crippen LogP contribution is 2.17. The standard InChI is InChI=1S/C53H101NO5/c1-4-7-10-13-16-19-22-24-25-26-28-30-32-35-38-41-44-49(59-53(58)46-43-40-37-34-31-27-23-20-17-14-11-8-5-2)47-52(57)54-50(48-55)51(56)45-42-39-36-33-29-21-18-15-12-9-6-3/h27-28,30-31,49-51,55-56H,4-26,29,32-48H2,1-3H3,(H,54,57)/b30-28+,31-27-. The van der Waals surface area contributed by atoms with Crippen molar-refractivity contribution in [2.24, 2.45) is 0 Å². The average molecular weight is 832 g/mol. The maximum absolute atomic E-state index is 13.2. The predicted octanol–water partition coefficient (Wildman–Crippen LogP) is 15.5. The third-order valence-corrected chi connectivity index (χ3v) is 12.0. The van der Waals surface area contributed by atoms with Crippen LogP contribution in [0.4, 0.5) is 0 Å². The molecule has 0 saturated heterocycles. The van der Waals surface area contributed by atoms with Crippen LogP contribution in [-0.2, 0) is 14.3 Å². The van der Waals surface area contributed by atoms with Gasteiger partial charge in [-0.1, -0.05) is 212 Å². The third kappa shape index (κ3) is 42.8. The van der Waals surface area contributed by atoms with Crippen LogP contribution in [-0.4, -0.2) is 46.9 Å². The molecule has 0 bridgehead atoms. The van der Waals surface area contributed by atoms with Gasteiger partial charge in [-0.25, -0.2) is 0 Å².